The predicted octanol–water partition coefficient (Wildman–Crippen LogP) is 1.74. The van der Waals surface area contributed by atoms with Crippen LogP contribution in [0.5, 0.6) is 0 Å². The lowest BCUT2D eigenvalue weighted by Gasteiger charge is -2.32. The molecule has 2 rings (SSSR count). The van der Waals surface area contributed by atoms with E-state index in [4.69, 9.17) is 4.74 Å². The van der Waals surface area contributed by atoms with E-state index in [9.17, 15) is 8.42 Å². The summed E-state index contributed by atoms with van der Waals surface area (Å²) in [5, 5.41) is 0. The number of sulfonamides is 1. The first kappa shape index (κ1) is 17.2. The maximum absolute atomic E-state index is 11.3. The van der Waals surface area contributed by atoms with Gasteiger partial charge in [0.2, 0.25) is 10.0 Å². The topological polar surface area (TPSA) is 58.6 Å². The first-order valence-corrected chi connectivity index (χ1v) is 10.2. The second kappa shape index (κ2) is 8.46. The maximum atomic E-state index is 11.3. The van der Waals surface area contributed by atoms with Crippen LogP contribution < -0.4 is 4.72 Å². The van der Waals surface area contributed by atoms with Gasteiger partial charge in [-0.15, -0.1) is 0 Å². The third-order valence-electron chi connectivity index (χ3n) is 4.45. The highest BCUT2D eigenvalue weighted by Gasteiger charge is 2.22. The Labute approximate surface area is 129 Å². The number of rotatable bonds is 6. The monoisotopic (exact) mass is 318 g/mol. The minimum absolute atomic E-state index is 0.0617. The third kappa shape index (κ3) is 7.08. The van der Waals surface area contributed by atoms with Gasteiger partial charge in [0.05, 0.1) is 19.0 Å². The van der Waals surface area contributed by atoms with Gasteiger partial charge in [0.1, 0.15) is 0 Å². The van der Waals surface area contributed by atoms with Crippen molar-refractivity contribution >= 4 is 10.0 Å². The number of hydrogen-bond donors (Lipinski definition) is 1. The summed E-state index contributed by atoms with van der Waals surface area (Å²) >= 11 is 0. The second-order valence-electron chi connectivity index (χ2n) is 6.51. The Balaban J connectivity index is 1.65. The van der Waals surface area contributed by atoms with Crippen LogP contribution in [-0.2, 0) is 14.8 Å². The summed E-state index contributed by atoms with van der Waals surface area (Å²) in [7, 11) is -3.10. The molecule has 21 heavy (non-hydrogen) atoms. The minimum Gasteiger partial charge on any atom is -0.377 e. The largest absolute Gasteiger partial charge is 0.377 e. The zero-order valence-corrected chi connectivity index (χ0v) is 14.0. The molecule has 2 fully saturated rings. The molecule has 1 saturated carbocycles. The first-order valence-electron chi connectivity index (χ1n) is 8.34. The van der Waals surface area contributed by atoms with Crippen molar-refractivity contribution in [2.45, 2.75) is 63.5 Å². The van der Waals surface area contributed by atoms with E-state index >= 15 is 0 Å². The molecule has 0 aromatic carbocycles. The van der Waals surface area contributed by atoms with Crippen molar-refractivity contribution in [2.24, 2.45) is 0 Å². The van der Waals surface area contributed by atoms with Crippen LogP contribution in [0.1, 0.15) is 51.4 Å². The lowest BCUT2D eigenvalue weighted by Crippen LogP contribution is -2.48. The van der Waals surface area contributed by atoms with E-state index < -0.39 is 10.0 Å². The molecule has 124 valence electrons. The molecule has 0 radical (unpaired) electrons. The second-order valence-corrected chi connectivity index (χ2v) is 8.29. The van der Waals surface area contributed by atoms with Gasteiger partial charge < -0.3 is 4.74 Å². The van der Waals surface area contributed by atoms with Crippen LogP contribution in [0, 0.1) is 0 Å². The van der Waals surface area contributed by atoms with Crippen molar-refractivity contribution in [2.75, 3.05) is 32.5 Å². The summed E-state index contributed by atoms with van der Waals surface area (Å²) in [6.07, 6.45) is 11.4. The Morgan fingerprint density at radius 3 is 2.48 bits per heavy atom. The Morgan fingerprint density at radius 1 is 1.10 bits per heavy atom. The molecular weight excluding hydrogens is 288 g/mol. The molecule has 0 bridgehead atoms. The number of nitrogens with zero attached hydrogens (tertiary/aromatic N) is 1. The van der Waals surface area contributed by atoms with E-state index in [0.717, 1.165) is 39.1 Å². The van der Waals surface area contributed by atoms with Gasteiger partial charge in [-0.05, 0) is 32.2 Å². The van der Waals surface area contributed by atoms with E-state index in [1.165, 1.54) is 44.8 Å². The van der Waals surface area contributed by atoms with E-state index in [0.29, 0.717) is 6.10 Å². The van der Waals surface area contributed by atoms with Crippen molar-refractivity contribution in [3.05, 3.63) is 0 Å². The molecular formula is C15H30N2O3S. The van der Waals surface area contributed by atoms with E-state index in [-0.39, 0.29) is 6.04 Å². The summed E-state index contributed by atoms with van der Waals surface area (Å²) in [4.78, 5) is 2.32. The van der Waals surface area contributed by atoms with Crippen LogP contribution in [0.15, 0.2) is 0 Å². The number of hydrogen-bond acceptors (Lipinski definition) is 4. The molecule has 0 amide bonds. The van der Waals surface area contributed by atoms with Crippen LogP contribution in [0.2, 0.25) is 0 Å². The normalized spacial score (nSPS) is 26.6. The summed E-state index contributed by atoms with van der Waals surface area (Å²) < 4.78 is 31.4. The van der Waals surface area contributed by atoms with Crippen LogP contribution in [-0.4, -0.2) is 58.0 Å². The predicted molar refractivity (Wildman–Crippen MR) is 84.9 cm³/mol. The molecule has 6 heteroatoms. The molecule has 1 N–H and O–H groups in total. The number of likely N-dealkylation sites (tertiary alicyclic amines) is 1. The molecule has 0 spiro atoms. The molecule has 0 aromatic rings. The smallest absolute Gasteiger partial charge is 0.208 e. The Kier molecular flexibility index (Phi) is 6.92. The van der Waals surface area contributed by atoms with Gasteiger partial charge in [0.15, 0.2) is 0 Å². The van der Waals surface area contributed by atoms with Gasteiger partial charge >= 0.3 is 0 Å². The van der Waals surface area contributed by atoms with Crippen LogP contribution in [0.4, 0.5) is 0 Å². The van der Waals surface area contributed by atoms with Crippen LogP contribution in [0.25, 0.3) is 0 Å². The van der Waals surface area contributed by atoms with Gasteiger partial charge in [-0.2, -0.15) is 0 Å². The lowest BCUT2D eigenvalue weighted by atomic mass is 10.1. The molecule has 1 aliphatic heterocycles. The van der Waals surface area contributed by atoms with E-state index in [1.807, 2.05) is 0 Å². The fraction of sp³-hybridized carbons (Fsp3) is 1.00. The fourth-order valence-electron chi connectivity index (χ4n) is 3.41. The van der Waals surface area contributed by atoms with E-state index in [1.54, 1.807) is 0 Å². The highest BCUT2D eigenvalue weighted by Crippen LogP contribution is 2.20. The molecule has 5 nitrogen and oxygen atoms in total. The molecule has 1 aliphatic carbocycles. The average molecular weight is 318 g/mol. The Bertz CT molecular complexity index is 392. The molecule has 1 saturated heterocycles. The quantitative estimate of drug-likeness (QED) is 0.758. The highest BCUT2D eigenvalue weighted by atomic mass is 32.2. The molecule has 2 aliphatic rings. The van der Waals surface area contributed by atoms with Crippen LogP contribution in [0.3, 0.4) is 0 Å². The first-order chi connectivity index (χ1) is 10.0. The van der Waals surface area contributed by atoms with Crippen molar-refractivity contribution in [3.63, 3.8) is 0 Å². The van der Waals surface area contributed by atoms with Crippen molar-refractivity contribution in [1.29, 1.82) is 0 Å². The average Bonchev–Trinajstić information content (AvgIpc) is 2.66. The van der Waals surface area contributed by atoms with Gasteiger partial charge in [0, 0.05) is 19.1 Å². The summed E-state index contributed by atoms with van der Waals surface area (Å²) in [6.45, 7) is 3.55. The minimum atomic E-state index is -3.10. The fourth-order valence-corrected chi connectivity index (χ4v) is 4.21. The lowest BCUT2D eigenvalue weighted by molar-refractivity contribution is 0.0247. The zero-order chi connectivity index (χ0) is 15.1. The number of ether oxygens (including phenoxy) is 1. The van der Waals surface area contributed by atoms with Gasteiger partial charge in [-0.25, -0.2) is 13.1 Å². The summed E-state index contributed by atoms with van der Waals surface area (Å²) in [5.74, 6) is 0. The molecule has 1 atom stereocenters. The van der Waals surface area contributed by atoms with Crippen LogP contribution >= 0.6 is 0 Å². The maximum Gasteiger partial charge on any atom is 0.208 e. The Hall–Kier alpha value is -0.170. The zero-order valence-electron chi connectivity index (χ0n) is 13.2. The van der Waals surface area contributed by atoms with Crippen molar-refractivity contribution in [1.82, 2.24) is 9.62 Å². The van der Waals surface area contributed by atoms with E-state index in [2.05, 4.69) is 9.62 Å². The van der Waals surface area contributed by atoms with Gasteiger partial charge in [-0.1, -0.05) is 25.7 Å². The van der Waals surface area contributed by atoms with Crippen molar-refractivity contribution in [3.8, 4) is 0 Å². The SMILES string of the molecule is CS(=O)(=O)N[C@@H]1CCCN(CCOC2CCCCCC2)C1. The standard InChI is InChI=1S/C15H30N2O3S/c1-21(18,19)16-14-7-6-10-17(13-14)11-12-20-15-8-4-2-3-5-9-15/h14-16H,2-13H2,1H3/t14-/m1/s1. The van der Waals surface area contributed by atoms with Gasteiger partial charge in [-0.3, -0.25) is 4.90 Å². The molecule has 1 heterocycles. The molecule has 0 unspecified atom stereocenters. The highest BCUT2D eigenvalue weighted by molar-refractivity contribution is 7.88. The number of piperidine rings is 1. The summed E-state index contributed by atoms with van der Waals surface area (Å²) in [5.41, 5.74) is 0. The number of nitrogens with one attached hydrogen (secondary N) is 1. The third-order valence-corrected chi connectivity index (χ3v) is 5.21. The van der Waals surface area contributed by atoms with Crippen molar-refractivity contribution < 1.29 is 13.2 Å². The van der Waals surface area contributed by atoms with Gasteiger partial charge in [0.25, 0.3) is 0 Å². The Morgan fingerprint density at radius 2 is 1.81 bits per heavy atom. The summed E-state index contributed by atoms with van der Waals surface area (Å²) in [6, 6.07) is 0.0617. The molecule has 0 aromatic heterocycles.